The molecule has 3 heterocycles. The van der Waals surface area contributed by atoms with Gasteiger partial charge in [0, 0.05) is 34.9 Å². The van der Waals surface area contributed by atoms with Crippen molar-refractivity contribution in [3.63, 3.8) is 0 Å². The van der Waals surface area contributed by atoms with Crippen LogP contribution in [-0.2, 0) is 18.4 Å². The summed E-state index contributed by atoms with van der Waals surface area (Å²) < 4.78 is 0. The molecule has 0 saturated carbocycles. The molecule has 1 amide bonds. The van der Waals surface area contributed by atoms with E-state index in [4.69, 9.17) is 4.98 Å². The molecule has 0 bridgehead atoms. The second-order valence-corrected chi connectivity index (χ2v) is 8.16. The zero-order chi connectivity index (χ0) is 20.3. The molecule has 0 spiro atoms. The molecule has 5 nitrogen and oxygen atoms in total. The summed E-state index contributed by atoms with van der Waals surface area (Å²) in [7, 11) is 0. The first-order valence-electron chi connectivity index (χ1n) is 9.79. The first-order chi connectivity index (χ1) is 13.3. The molecule has 0 radical (unpaired) electrons. The highest BCUT2D eigenvalue weighted by Crippen LogP contribution is 2.22. The molecule has 0 fully saturated rings. The van der Waals surface area contributed by atoms with Crippen LogP contribution in [-0.4, -0.2) is 20.9 Å². The van der Waals surface area contributed by atoms with Crippen molar-refractivity contribution in [1.29, 1.82) is 0 Å². The molecule has 3 aromatic rings. The van der Waals surface area contributed by atoms with E-state index in [0.29, 0.717) is 23.4 Å². The molecule has 0 aliphatic rings. The molecule has 3 rings (SSSR count). The molecule has 0 aliphatic heterocycles. The van der Waals surface area contributed by atoms with Crippen LogP contribution in [0.15, 0.2) is 36.5 Å². The van der Waals surface area contributed by atoms with Crippen molar-refractivity contribution < 1.29 is 4.79 Å². The van der Waals surface area contributed by atoms with Crippen molar-refractivity contribution in [2.24, 2.45) is 0 Å². The number of hydrogen-bond donors (Lipinski definition) is 1. The number of carbonyl (C=O) groups excluding carboxylic acids is 1. The van der Waals surface area contributed by atoms with Crippen LogP contribution in [0.25, 0.3) is 11.0 Å². The highest BCUT2D eigenvalue weighted by atomic mass is 16.1. The standard InChI is InChI=1S/C23H28N4O/c1-6-8-19-17(10-11-20(27-19)23(3,4)5)14-25-22(28)18-13-16-9-7-12-24-21(16)26-15(18)2/h7,9-13H,6,8,14H2,1-5H3,(H,25,28). The first kappa shape index (κ1) is 19.9. The number of aryl methyl sites for hydroxylation is 2. The van der Waals surface area contributed by atoms with E-state index in [2.05, 4.69) is 55.1 Å². The SMILES string of the molecule is CCCc1nc(C(C)(C)C)ccc1CNC(=O)c1cc2cccnc2nc1C. The summed E-state index contributed by atoms with van der Waals surface area (Å²) in [6.45, 7) is 10.9. The van der Waals surface area contributed by atoms with Gasteiger partial charge in [-0.15, -0.1) is 0 Å². The van der Waals surface area contributed by atoms with Crippen LogP contribution in [0.2, 0.25) is 0 Å². The van der Waals surface area contributed by atoms with E-state index in [0.717, 1.165) is 35.2 Å². The van der Waals surface area contributed by atoms with Gasteiger partial charge in [-0.3, -0.25) is 9.78 Å². The van der Waals surface area contributed by atoms with Gasteiger partial charge in [-0.05, 0) is 43.2 Å². The number of aromatic nitrogens is 3. The number of rotatable bonds is 5. The van der Waals surface area contributed by atoms with E-state index in [-0.39, 0.29) is 11.3 Å². The van der Waals surface area contributed by atoms with E-state index in [1.165, 1.54) is 0 Å². The summed E-state index contributed by atoms with van der Waals surface area (Å²) in [5.41, 5.74) is 5.13. The Balaban J connectivity index is 1.82. The Morgan fingerprint density at radius 3 is 2.64 bits per heavy atom. The van der Waals surface area contributed by atoms with Crippen molar-refractivity contribution in [2.45, 2.75) is 59.4 Å². The third-order valence-corrected chi connectivity index (χ3v) is 4.79. The summed E-state index contributed by atoms with van der Waals surface area (Å²) in [5.74, 6) is -0.127. The van der Waals surface area contributed by atoms with Gasteiger partial charge >= 0.3 is 0 Å². The van der Waals surface area contributed by atoms with Crippen molar-refractivity contribution in [1.82, 2.24) is 20.3 Å². The van der Waals surface area contributed by atoms with E-state index in [9.17, 15) is 4.79 Å². The molecule has 0 atom stereocenters. The highest BCUT2D eigenvalue weighted by molar-refractivity contribution is 5.98. The zero-order valence-electron chi connectivity index (χ0n) is 17.3. The fourth-order valence-electron chi connectivity index (χ4n) is 3.16. The molecular formula is C23H28N4O. The van der Waals surface area contributed by atoms with Gasteiger partial charge in [0.1, 0.15) is 0 Å². The van der Waals surface area contributed by atoms with Gasteiger partial charge in [0.25, 0.3) is 5.91 Å². The molecule has 3 aromatic heterocycles. The van der Waals surface area contributed by atoms with Crippen molar-refractivity contribution in [3.05, 3.63) is 64.7 Å². The molecule has 0 aliphatic carbocycles. The minimum Gasteiger partial charge on any atom is -0.348 e. The van der Waals surface area contributed by atoms with Crippen LogP contribution >= 0.6 is 0 Å². The zero-order valence-corrected chi connectivity index (χ0v) is 17.3. The van der Waals surface area contributed by atoms with Gasteiger partial charge in [-0.25, -0.2) is 9.97 Å². The first-order valence-corrected chi connectivity index (χ1v) is 9.79. The predicted molar refractivity (Wildman–Crippen MR) is 112 cm³/mol. The number of pyridine rings is 3. The fraction of sp³-hybridized carbons (Fsp3) is 0.391. The predicted octanol–water partition coefficient (Wildman–Crippen LogP) is 4.51. The van der Waals surface area contributed by atoms with Crippen LogP contribution < -0.4 is 5.32 Å². The third kappa shape index (κ3) is 4.35. The Bertz CT molecular complexity index is 1010. The van der Waals surface area contributed by atoms with Gasteiger partial charge in [-0.2, -0.15) is 0 Å². The second kappa shape index (κ2) is 8.05. The number of nitrogens with one attached hydrogen (secondary N) is 1. The Hall–Kier alpha value is -2.82. The molecule has 0 saturated heterocycles. The minimum atomic E-state index is -0.127. The lowest BCUT2D eigenvalue weighted by molar-refractivity contribution is 0.0950. The van der Waals surface area contributed by atoms with Gasteiger partial charge in [0.05, 0.1) is 11.3 Å². The average molecular weight is 377 g/mol. The van der Waals surface area contributed by atoms with E-state index < -0.39 is 0 Å². The molecule has 146 valence electrons. The van der Waals surface area contributed by atoms with Crippen molar-refractivity contribution in [2.75, 3.05) is 0 Å². The lowest BCUT2D eigenvalue weighted by atomic mass is 9.90. The van der Waals surface area contributed by atoms with Crippen LogP contribution in [0.5, 0.6) is 0 Å². The molecule has 1 N–H and O–H groups in total. The number of hydrogen-bond acceptors (Lipinski definition) is 4. The molecule has 0 unspecified atom stereocenters. The lowest BCUT2D eigenvalue weighted by Crippen LogP contribution is -2.25. The monoisotopic (exact) mass is 376 g/mol. The fourth-order valence-corrected chi connectivity index (χ4v) is 3.16. The largest absolute Gasteiger partial charge is 0.348 e. The second-order valence-electron chi connectivity index (χ2n) is 8.16. The minimum absolute atomic E-state index is 0.00613. The van der Waals surface area contributed by atoms with Crippen LogP contribution in [0.3, 0.4) is 0 Å². The van der Waals surface area contributed by atoms with E-state index in [1.54, 1.807) is 6.20 Å². The van der Waals surface area contributed by atoms with Gasteiger partial charge < -0.3 is 5.32 Å². The molecule has 28 heavy (non-hydrogen) atoms. The summed E-state index contributed by atoms with van der Waals surface area (Å²) in [6.07, 6.45) is 3.62. The van der Waals surface area contributed by atoms with Crippen molar-refractivity contribution in [3.8, 4) is 0 Å². The van der Waals surface area contributed by atoms with Gasteiger partial charge in [0.2, 0.25) is 0 Å². The smallest absolute Gasteiger partial charge is 0.253 e. The molecular weight excluding hydrogens is 348 g/mol. The van der Waals surface area contributed by atoms with Crippen molar-refractivity contribution >= 4 is 16.9 Å². The number of carbonyl (C=O) groups is 1. The van der Waals surface area contributed by atoms with E-state index in [1.807, 2.05) is 25.1 Å². The number of fused-ring (bicyclic) bond motifs is 1. The average Bonchev–Trinajstić information content (AvgIpc) is 2.65. The summed E-state index contributed by atoms with van der Waals surface area (Å²) in [6, 6.07) is 9.78. The normalized spacial score (nSPS) is 11.6. The van der Waals surface area contributed by atoms with E-state index >= 15 is 0 Å². The quantitative estimate of drug-likeness (QED) is 0.711. The Morgan fingerprint density at radius 1 is 1.14 bits per heavy atom. The maximum atomic E-state index is 12.8. The third-order valence-electron chi connectivity index (χ3n) is 4.79. The molecule has 0 aromatic carbocycles. The van der Waals surface area contributed by atoms with Gasteiger partial charge in [0.15, 0.2) is 5.65 Å². The number of nitrogens with zero attached hydrogens (tertiary/aromatic N) is 3. The Labute approximate surface area is 166 Å². The topological polar surface area (TPSA) is 67.8 Å². The maximum absolute atomic E-state index is 12.8. The molecule has 5 heteroatoms. The van der Waals surface area contributed by atoms with Crippen LogP contribution in [0, 0.1) is 6.92 Å². The summed E-state index contributed by atoms with van der Waals surface area (Å²) >= 11 is 0. The maximum Gasteiger partial charge on any atom is 0.253 e. The highest BCUT2D eigenvalue weighted by Gasteiger charge is 2.18. The summed E-state index contributed by atoms with van der Waals surface area (Å²) in [4.78, 5) is 26.4. The van der Waals surface area contributed by atoms with Crippen LogP contribution in [0.4, 0.5) is 0 Å². The summed E-state index contributed by atoms with van der Waals surface area (Å²) in [5, 5.41) is 3.90. The Morgan fingerprint density at radius 2 is 1.93 bits per heavy atom. The Kier molecular flexibility index (Phi) is 5.73. The number of amides is 1. The van der Waals surface area contributed by atoms with Gasteiger partial charge in [-0.1, -0.05) is 40.2 Å². The van der Waals surface area contributed by atoms with Crippen LogP contribution in [0.1, 0.15) is 67.1 Å². The lowest BCUT2D eigenvalue weighted by Gasteiger charge is -2.20.